The Balaban J connectivity index is 1.53. The van der Waals surface area contributed by atoms with Crippen molar-refractivity contribution in [1.29, 1.82) is 0 Å². The van der Waals surface area contributed by atoms with E-state index in [0.29, 0.717) is 19.1 Å². The quantitative estimate of drug-likeness (QED) is 0.644. The zero-order valence-corrected chi connectivity index (χ0v) is 12.0. The maximum atomic E-state index is 11.6. The van der Waals surface area contributed by atoms with E-state index in [4.69, 9.17) is 5.11 Å². The minimum atomic E-state index is -0.112. The van der Waals surface area contributed by atoms with Crippen molar-refractivity contribution in [3.05, 3.63) is 0 Å². The second-order valence-electron chi connectivity index (χ2n) is 6.19. The van der Waals surface area contributed by atoms with Gasteiger partial charge in [0.25, 0.3) is 0 Å². The first kappa shape index (κ1) is 14.6. The van der Waals surface area contributed by atoms with Gasteiger partial charge in [-0.15, -0.1) is 0 Å². The molecule has 5 nitrogen and oxygen atoms in total. The Morgan fingerprint density at radius 3 is 2.58 bits per heavy atom. The van der Waals surface area contributed by atoms with E-state index in [1.165, 1.54) is 25.7 Å². The van der Waals surface area contributed by atoms with E-state index in [0.717, 1.165) is 19.4 Å². The Morgan fingerprint density at radius 1 is 1.32 bits per heavy atom. The number of carbonyl (C=O) groups is 1. The van der Waals surface area contributed by atoms with Gasteiger partial charge in [-0.3, -0.25) is 0 Å². The maximum absolute atomic E-state index is 11.6. The fourth-order valence-corrected chi connectivity index (χ4v) is 2.77. The summed E-state index contributed by atoms with van der Waals surface area (Å²) in [5.74, 6) is 0. The summed E-state index contributed by atoms with van der Waals surface area (Å²) in [5.41, 5.74) is -0.0159. The fraction of sp³-hybridized carbons (Fsp3) is 0.929. The highest BCUT2D eigenvalue weighted by atomic mass is 16.3. The molecule has 110 valence electrons. The predicted octanol–water partition coefficient (Wildman–Crippen LogP) is 0.932. The molecule has 0 heterocycles. The summed E-state index contributed by atoms with van der Waals surface area (Å²) in [4.78, 5) is 14.0. The zero-order chi connectivity index (χ0) is 13.7. The van der Waals surface area contributed by atoms with Crippen LogP contribution in [-0.2, 0) is 0 Å². The molecule has 0 unspecified atom stereocenters. The average Bonchev–Trinajstić information content (AvgIpc) is 2.98. The number of carbonyl (C=O) groups excluding carboxylic acids is 1. The van der Waals surface area contributed by atoms with Gasteiger partial charge in [-0.2, -0.15) is 0 Å². The molecule has 0 atom stereocenters. The molecule has 0 aromatic heterocycles. The summed E-state index contributed by atoms with van der Waals surface area (Å²) in [5, 5.41) is 14.9. The first-order chi connectivity index (χ1) is 9.15. The van der Waals surface area contributed by atoms with Gasteiger partial charge in [0.05, 0.1) is 6.61 Å². The summed E-state index contributed by atoms with van der Waals surface area (Å²) in [6.07, 6.45) is 7.31. The van der Waals surface area contributed by atoms with Crippen molar-refractivity contribution in [2.75, 3.05) is 33.3 Å². The monoisotopic (exact) mass is 269 g/mol. The number of hydrogen-bond acceptors (Lipinski definition) is 3. The maximum Gasteiger partial charge on any atom is 0.314 e. The number of aliphatic hydroxyl groups is 1. The van der Waals surface area contributed by atoms with Gasteiger partial charge in [0, 0.05) is 31.1 Å². The summed E-state index contributed by atoms with van der Waals surface area (Å²) >= 11 is 0. The lowest BCUT2D eigenvalue weighted by atomic mass is 10.1. The lowest BCUT2D eigenvalue weighted by Gasteiger charge is -2.24. The van der Waals surface area contributed by atoms with Gasteiger partial charge < -0.3 is 20.6 Å². The van der Waals surface area contributed by atoms with Crippen LogP contribution in [0.2, 0.25) is 0 Å². The van der Waals surface area contributed by atoms with Gasteiger partial charge >= 0.3 is 6.03 Å². The Hall–Kier alpha value is -0.810. The fourth-order valence-electron chi connectivity index (χ4n) is 2.77. The summed E-state index contributed by atoms with van der Waals surface area (Å²) in [6, 6.07) is 0.591. The summed E-state index contributed by atoms with van der Waals surface area (Å²) in [7, 11) is 2.14. The minimum absolute atomic E-state index is 0.0159. The van der Waals surface area contributed by atoms with E-state index < -0.39 is 0 Å². The smallest absolute Gasteiger partial charge is 0.314 e. The lowest BCUT2D eigenvalue weighted by Crippen LogP contribution is -2.43. The Labute approximate surface area is 115 Å². The van der Waals surface area contributed by atoms with Crippen LogP contribution in [0.15, 0.2) is 0 Å². The Morgan fingerprint density at radius 2 is 2.00 bits per heavy atom. The Bertz CT molecular complexity index is 299. The molecule has 2 aliphatic rings. The standard InChI is InChI=1S/C14H27N3O2/c1-17(12-4-2-3-5-12)9-8-15-13(19)16-10-14(11-18)6-7-14/h12,18H,2-11H2,1H3,(H2,15,16,19). The third kappa shape index (κ3) is 4.35. The van der Waals surface area contributed by atoms with Crippen LogP contribution in [0.1, 0.15) is 38.5 Å². The topological polar surface area (TPSA) is 64.6 Å². The SMILES string of the molecule is CN(CCNC(=O)NCC1(CO)CC1)C1CCCC1. The molecule has 2 saturated carbocycles. The van der Waals surface area contributed by atoms with E-state index in [9.17, 15) is 4.79 Å². The molecule has 5 heteroatoms. The van der Waals surface area contributed by atoms with Crippen molar-refractivity contribution < 1.29 is 9.90 Å². The highest BCUT2D eigenvalue weighted by Crippen LogP contribution is 2.44. The highest BCUT2D eigenvalue weighted by molar-refractivity contribution is 5.73. The van der Waals surface area contributed by atoms with Crippen LogP contribution in [-0.4, -0.2) is 55.4 Å². The molecule has 2 amide bonds. The van der Waals surface area contributed by atoms with Crippen molar-refractivity contribution >= 4 is 6.03 Å². The molecule has 2 rings (SSSR count). The van der Waals surface area contributed by atoms with E-state index in [-0.39, 0.29) is 18.1 Å². The molecular formula is C14H27N3O2. The van der Waals surface area contributed by atoms with E-state index in [1.807, 2.05) is 0 Å². The number of nitrogens with one attached hydrogen (secondary N) is 2. The van der Waals surface area contributed by atoms with E-state index >= 15 is 0 Å². The molecule has 0 aliphatic heterocycles. The van der Waals surface area contributed by atoms with E-state index in [2.05, 4.69) is 22.6 Å². The van der Waals surface area contributed by atoms with Crippen LogP contribution in [0.25, 0.3) is 0 Å². The number of amides is 2. The van der Waals surface area contributed by atoms with Crippen molar-refractivity contribution in [3.8, 4) is 0 Å². The van der Waals surface area contributed by atoms with Crippen LogP contribution in [0.4, 0.5) is 4.79 Å². The minimum Gasteiger partial charge on any atom is -0.396 e. The molecule has 0 aromatic rings. The van der Waals surface area contributed by atoms with Gasteiger partial charge in [0.2, 0.25) is 0 Å². The third-order valence-corrected chi connectivity index (χ3v) is 4.61. The van der Waals surface area contributed by atoms with Gasteiger partial charge in [0.1, 0.15) is 0 Å². The van der Waals surface area contributed by atoms with Crippen LogP contribution in [0.3, 0.4) is 0 Å². The first-order valence-corrected chi connectivity index (χ1v) is 7.48. The van der Waals surface area contributed by atoms with Crippen molar-refractivity contribution in [3.63, 3.8) is 0 Å². The molecule has 2 fully saturated rings. The first-order valence-electron chi connectivity index (χ1n) is 7.48. The van der Waals surface area contributed by atoms with Crippen LogP contribution < -0.4 is 10.6 Å². The molecule has 0 saturated heterocycles. The van der Waals surface area contributed by atoms with Crippen molar-refractivity contribution in [2.45, 2.75) is 44.6 Å². The van der Waals surface area contributed by atoms with Crippen LogP contribution in [0, 0.1) is 5.41 Å². The number of hydrogen-bond donors (Lipinski definition) is 3. The second-order valence-corrected chi connectivity index (χ2v) is 6.19. The van der Waals surface area contributed by atoms with Gasteiger partial charge in [-0.05, 0) is 32.7 Å². The Kier molecular flexibility index (Phi) is 5.05. The molecule has 0 radical (unpaired) electrons. The largest absolute Gasteiger partial charge is 0.396 e. The number of likely N-dealkylation sites (N-methyl/N-ethyl adjacent to an activating group) is 1. The zero-order valence-electron chi connectivity index (χ0n) is 12.0. The molecule has 19 heavy (non-hydrogen) atoms. The highest BCUT2D eigenvalue weighted by Gasteiger charge is 2.42. The van der Waals surface area contributed by atoms with Crippen LogP contribution >= 0.6 is 0 Å². The van der Waals surface area contributed by atoms with Gasteiger partial charge in [-0.1, -0.05) is 12.8 Å². The molecule has 0 bridgehead atoms. The molecule has 0 spiro atoms. The number of rotatable bonds is 7. The molecule has 0 aromatic carbocycles. The molecule has 3 N–H and O–H groups in total. The summed E-state index contributed by atoms with van der Waals surface area (Å²) in [6.45, 7) is 2.36. The third-order valence-electron chi connectivity index (χ3n) is 4.61. The lowest BCUT2D eigenvalue weighted by molar-refractivity contribution is 0.201. The normalized spacial score (nSPS) is 21.6. The van der Waals surface area contributed by atoms with Gasteiger partial charge in [-0.25, -0.2) is 4.79 Å². The van der Waals surface area contributed by atoms with E-state index in [1.54, 1.807) is 0 Å². The summed E-state index contributed by atoms with van der Waals surface area (Å²) < 4.78 is 0. The van der Waals surface area contributed by atoms with Crippen molar-refractivity contribution in [1.82, 2.24) is 15.5 Å². The molecular weight excluding hydrogens is 242 g/mol. The molecule has 2 aliphatic carbocycles. The van der Waals surface area contributed by atoms with Gasteiger partial charge in [0.15, 0.2) is 0 Å². The number of nitrogens with zero attached hydrogens (tertiary/aromatic N) is 1. The average molecular weight is 269 g/mol. The van der Waals surface area contributed by atoms with Crippen molar-refractivity contribution in [2.24, 2.45) is 5.41 Å². The second kappa shape index (κ2) is 6.57. The number of aliphatic hydroxyl groups excluding tert-OH is 1. The van der Waals surface area contributed by atoms with Crippen LogP contribution in [0.5, 0.6) is 0 Å². The number of urea groups is 1. The predicted molar refractivity (Wildman–Crippen MR) is 75.0 cm³/mol.